The molecule has 0 aromatic carbocycles. The number of hydrogen-bond donors (Lipinski definition) is 1. The molecule has 114 valence electrons. The first kappa shape index (κ1) is 15.5. The van der Waals surface area contributed by atoms with Crippen molar-refractivity contribution in [2.24, 2.45) is 0 Å². The molecule has 2 rings (SSSR count). The summed E-state index contributed by atoms with van der Waals surface area (Å²) in [4.78, 5) is 0.323. The summed E-state index contributed by atoms with van der Waals surface area (Å²) < 4.78 is 32.6. The zero-order valence-corrected chi connectivity index (χ0v) is 13.1. The Morgan fingerprint density at radius 3 is 2.40 bits per heavy atom. The molecule has 6 heteroatoms. The second kappa shape index (κ2) is 6.74. The zero-order chi connectivity index (χ0) is 14.6. The van der Waals surface area contributed by atoms with Crippen molar-refractivity contribution in [3.05, 3.63) is 17.6 Å². The summed E-state index contributed by atoms with van der Waals surface area (Å²) in [7, 11) is -1.61. The second-order valence-electron chi connectivity index (χ2n) is 5.34. The van der Waals surface area contributed by atoms with Crippen molar-refractivity contribution in [2.45, 2.75) is 50.5 Å². The van der Waals surface area contributed by atoms with Gasteiger partial charge in [-0.15, -0.1) is 0 Å². The van der Waals surface area contributed by atoms with Gasteiger partial charge in [-0.25, -0.2) is 8.42 Å². The van der Waals surface area contributed by atoms with Crippen LogP contribution in [0.5, 0.6) is 0 Å². The number of rotatable bonds is 4. The average Bonchev–Trinajstić information content (AvgIpc) is 2.70. The number of furan rings is 1. The fourth-order valence-electron chi connectivity index (χ4n) is 2.64. The maximum Gasteiger partial charge on any atom is 0.246 e. The van der Waals surface area contributed by atoms with E-state index in [0.29, 0.717) is 36.1 Å². The van der Waals surface area contributed by atoms with Crippen molar-refractivity contribution in [3.8, 4) is 0 Å². The Kier molecular flexibility index (Phi) is 5.23. The minimum absolute atomic E-state index is 0.323. The standard InChI is InChI=1S/C14H24N2O3S/c1-12-14(10-13(19-12)11-15-2)20(17,18)16-8-6-4-3-5-7-9-16/h10,15H,3-9,11H2,1-2H3. The highest BCUT2D eigenvalue weighted by Crippen LogP contribution is 2.25. The van der Waals surface area contributed by atoms with Crippen LogP contribution in [0.3, 0.4) is 0 Å². The van der Waals surface area contributed by atoms with E-state index in [9.17, 15) is 8.42 Å². The highest BCUT2D eigenvalue weighted by molar-refractivity contribution is 7.89. The van der Waals surface area contributed by atoms with E-state index < -0.39 is 10.0 Å². The lowest BCUT2D eigenvalue weighted by Gasteiger charge is -2.23. The second-order valence-corrected chi connectivity index (χ2v) is 7.24. The summed E-state index contributed by atoms with van der Waals surface area (Å²) >= 11 is 0. The minimum atomic E-state index is -3.42. The summed E-state index contributed by atoms with van der Waals surface area (Å²) in [5, 5.41) is 2.97. The van der Waals surface area contributed by atoms with Gasteiger partial charge in [0.2, 0.25) is 10.0 Å². The van der Waals surface area contributed by atoms with Crippen LogP contribution >= 0.6 is 0 Å². The van der Waals surface area contributed by atoms with Gasteiger partial charge in [0, 0.05) is 19.2 Å². The van der Waals surface area contributed by atoms with E-state index in [1.807, 2.05) is 7.05 Å². The first-order valence-electron chi connectivity index (χ1n) is 7.30. The molecule has 0 amide bonds. The van der Waals surface area contributed by atoms with E-state index in [1.165, 1.54) is 6.42 Å². The zero-order valence-electron chi connectivity index (χ0n) is 12.3. The fourth-order valence-corrected chi connectivity index (χ4v) is 4.34. The third-order valence-corrected chi connectivity index (χ3v) is 5.71. The largest absolute Gasteiger partial charge is 0.464 e. The number of nitrogens with zero attached hydrogens (tertiary/aromatic N) is 1. The molecule has 5 nitrogen and oxygen atoms in total. The van der Waals surface area contributed by atoms with Crippen molar-refractivity contribution in [1.82, 2.24) is 9.62 Å². The normalized spacial score (nSPS) is 18.7. The van der Waals surface area contributed by atoms with Crippen molar-refractivity contribution in [1.29, 1.82) is 0 Å². The van der Waals surface area contributed by atoms with E-state index in [4.69, 9.17) is 4.42 Å². The van der Waals surface area contributed by atoms with Crippen LogP contribution in [-0.4, -0.2) is 32.9 Å². The summed E-state index contributed by atoms with van der Waals surface area (Å²) in [5.41, 5.74) is 0. The number of nitrogens with one attached hydrogen (secondary N) is 1. The summed E-state index contributed by atoms with van der Waals surface area (Å²) in [6, 6.07) is 1.65. The van der Waals surface area contributed by atoms with Crippen LogP contribution in [0.1, 0.15) is 43.6 Å². The smallest absolute Gasteiger partial charge is 0.246 e. The van der Waals surface area contributed by atoms with Crippen molar-refractivity contribution < 1.29 is 12.8 Å². The van der Waals surface area contributed by atoms with E-state index in [0.717, 1.165) is 25.7 Å². The van der Waals surface area contributed by atoms with Crippen LogP contribution in [0.25, 0.3) is 0 Å². The van der Waals surface area contributed by atoms with Gasteiger partial charge in [-0.2, -0.15) is 4.31 Å². The Morgan fingerprint density at radius 1 is 1.20 bits per heavy atom. The molecule has 0 atom stereocenters. The van der Waals surface area contributed by atoms with Gasteiger partial charge in [-0.05, 0) is 26.8 Å². The molecule has 1 saturated heterocycles. The van der Waals surface area contributed by atoms with E-state index in [-0.39, 0.29) is 0 Å². The minimum Gasteiger partial charge on any atom is -0.464 e. The lowest BCUT2D eigenvalue weighted by atomic mass is 10.1. The average molecular weight is 300 g/mol. The molecule has 1 aliphatic heterocycles. The topological polar surface area (TPSA) is 62.6 Å². The SMILES string of the molecule is CNCc1cc(S(=O)(=O)N2CCCCCCC2)c(C)o1. The predicted molar refractivity (Wildman–Crippen MR) is 78.1 cm³/mol. The quantitative estimate of drug-likeness (QED) is 0.926. The molecule has 1 N–H and O–H groups in total. The van der Waals surface area contributed by atoms with Crippen LogP contribution < -0.4 is 5.32 Å². The van der Waals surface area contributed by atoms with Crippen LogP contribution in [0.2, 0.25) is 0 Å². The Balaban J connectivity index is 2.23. The Bertz CT molecular complexity index is 529. The van der Waals surface area contributed by atoms with E-state index in [2.05, 4.69) is 5.32 Å². The molecule has 0 radical (unpaired) electrons. The van der Waals surface area contributed by atoms with Crippen LogP contribution in [-0.2, 0) is 16.6 Å². The number of hydrogen-bond acceptors (Lipinski definition) is 4. The van der Waals surface area contributed by atoms with Crippen molar-refractivity contribution in [2.75, 3.05) is 20.1 Å². The Morgan fingerprint density at radius 2 is 1.80 bits per heavy atom. The molecule has 0 saturated carbocycles. The molecule has 2 heterocycles. The van der Waals surface area contributed by atoms with Gasteiger partial charge in [0.05, 0.1) is 6.54 Å². The summed E-state index contributed by atoms with van der Waals surface area (Å²) in [5.74, 6) is 1.15. The molecule has 1 aromatic rings. The molecule has 1 aliphatic rings. The van der Waals surface area contributed by atoms with Gasteiger partial charge in [-0.3, -0.25) is 0 Å². The predicted octanol–water partition coefficient (Wildman–Crippen LogP) is 2.26. The Hall–Kier alpha value is -0.850. The highest BCUT2D eigenvalue weighted by atomic mass is 32.2. The fraction of sp³-hybridized carbons (Fsp3) is 0.714. The molecule has 0 aliphatic carbocycles. The van der Waals surface area contributed by atoms with Crippen molar-refractivity contribution >= 4 is 10.0 Å². The van der Waals surface area contributed by atoms with Gasteiger partial charge in [0.25, 0.3) is 0 Å². The molecule has 20 heavy (non-hydrogen) atoms. The lowest BCUT2D eigenvalue weighted by Crippen LogP contribution is -2.34. The third-order valence-electron chi connectivity index (χ3n) is 3.71. The van der Waals surface area contributed by atoms with Crippen molar-refractivity contribution in [3.63, 3.8) is 0 Å². The van der Waals surface area contributed by atoms with Crippen LogP contribution in [0, 0.1) is 6.92 Å². The summed E-state index contributed by atoms with van der Waals surface area (Å²) in [6.07, 6.45) is 5.33. The molecular formula is C14H24N2O3S. The summed E-state index contributed by atoms with van der Waals surface area (Å²) in [6.45, 7) is 3.50. The number of aryl methyl sites for hydroxylation is 1. The molecule has 0 bridgehead atoms. The molecular weight excluding hydrogens is 276 g/mol. The van der Waals surface area contributed by atoms with Crippen LogP contribution in [0.4, 0.5) is 0 Å². The maximum absolute atomic E-state index is 12.7. The van der Waals surface area contributed by atoms with E-state index in [1.54, 1.807) is 17.3 Å². The molecule has 0 spiro atoms. The first-order valence-corrected chi connectivity index (χ1v) is 8.74. The van der Waals surface area contributed by atoms with E-state index >= 15 is 0 Å². The molecule has 1 fully saturated rings. The van der Waals surface area contributed by atoms with Gasteiger partial charge >= 0.3 is 0 Å². The van der Waals surface area contributed by atoms with Gasteiger partial charge in [0.15, 0.2) is 0 Å². The monoisotopic (exact) mass is 300 g/mol. The highest BCUT2D eigenvalue weighted by Gasteiger charge is 2.28. The lowest BCUT2D eigenvalue weighted by molar-refractivity contribution is 0.363. The van der Waals surface area contributed by atoms with Gasteiger partial charge in [0.1, 0.15) is 16.4 Å². The first-order chi connectivity index (χ1) is 9.55. The molecule has 1 aromatic heterocycles. The van der Waals surface area contributed by atoms with Crippen LogP contribution in [0.15, 0.2) is 15.4 Å². The number of sulfonamides is 1. The third kappa shape index (κ3) is 3.42. The maximum atomic E-state index is 12.7. The van der Waals surface area contributed by atoms with Gasteiger partial charge < -0.3 is 9.73 Å². The van der Waals surface area contributed by atoms with Gasteiger partial charge in [-0.1, -0.05) is 19.3 Å². The Labute approximate surface area is 121 Å². The molecule has 0 unspecified atom stereocenters.